The van der Waals surface area contributed by atoms with Gasteiger partial charge in [-0.2, -0.15) is 0 Å². The Morgan fingerprint density at radius 3 is 2.91 bits per heavy atom. The van der Waals surface area contributed by atoms with E-state index in [9.17, 15) is 4.79 Å². The van der Waals surface area contributed by atoms with Gasteiger partial charge in [0.2, 0.25) is 5.95 Å². The van der Waals surface area contributed by atoms with E-state index in [4.69, 9.17) is 21.7 Å². The molecule has 176 valence electrons. The van der Waals surface area contributed by atoms with Crippen molar-refractivity contribution in [1.82, 2.24) is 25.2 Å². The predicted octanol–water partition coefficient (Wildman–Crippen LogP) is 4.98. The lowest BCUT2D eigenvalue weighted by Crippen LogP contribution is -2.27. The van der Waals surface area contributed by atoms with Crippen molar-refractivity contribution in [3.05, 3.63) is 41.7 Å². The zero-order valence-corrected chi connectivity index (χ0v) is 19.4. The summed E-state index contributed by atoms with van der Waals surface area (Å²) in [4.78, 5) is 25.3. The smallest absolute Gasteiger partial charge is 0.404 e. The number of likely N-dealkylation sites (tertiary alicyclic amines) is 1. The van der Waals surface area contributed by atoms with Gasteiger partial charge in [0.15, 0.2) is 0 Å². The molecule has 4 rings (SSSR count). The maximum absolute atomic E-state index is 10.4. The highest BCUT2D eigenvalue weighted by molar-refractivity contribution is 6.33. The highest BCUT2D eigenvalue weighted by Crippen LogP contribution is 2.32. The number of para-hydroxylation sites is 1. The Bertz CT molecular complexity index is 1070. The first kappa shape index (κ1) is 23.3. The fourth-order valence-corrected chi connectivity index (χ4v) is 4.61. The third kappa shape index (κ3) is 6.36. The van der Waals surface area contributed by atoms with E-state index in [0.29, 0.717) is 23.6 Å². The number of nitrogens with one attached hydrogen (secondary N) is 3. The van der Waals surface area contributed by atoms with Crippen molar-refractivity contribution in [1.29, 1.82) is 0 Å². The van der Waals surface area contributed by atoms with E-state index >= 15 is 0 Å². The molecule has 1 saturated heterocycles. The number of fused-ring (bicyclic) bond motifs is 1. The monoisotopic (exact) mass is 470 g/mol. The Kier molecular flexibility index (Phi) is 8.01. The van der Waals surface area contributed by atoms with Gasteiger partial charge in [0.1, 0.15) is 0 Å². The van der Waals surface area contributed by atoms with E-state index in [1.165, 1.54) is 12.8 Å². The lowest BCUT2D eigenvalue weighted by molar-refractivity contribution is 0.194. The van der Waals surface area contributed by atoms with Gasteiger partial charge >= 0.3 is 6.09 Å². The number of hydrogen-bond donors (Lipinski definition) is 4. The molecule has 1 aromatic carbocycles. The highest BCUT2D eigenvalue weighted by Gasteiger charge is 2.23. The van der Waals surface area contributed by atoms with E-state index in [-0.39, 0.29) is 0 Å². The van der Waals surface area contributed by atoms with Crippen LogP contribution in [0.3, 0.4) is 0 Å². The van der Waals surface area contributed by atoms with Crippen LogP contribution in [0.1, 0.15) is 38.5 Å². The fraction of sp³-hybridized carbons (Fsp3) is 0.458. The molecule has 0 aliphatic carbocycles. The highest BCUT2D eigenvalue weighted by atomic mass is 35.5. The number of halogens is 1. The van der Waals surface area contributed by atoms with Gasteiger partial charge in [0, 0.05) is 48.3 Å². The quantitative estimate of drug-likeness (QED) is 0.294. The molecule has 9 heteroatoms. The number of carbonyl (C=O) groups is 1. The molecule has 1 fully saturated rings. The number of H-pyrrole nitrogens is 1. The summed E-state index contributed by atoms with van der Waals surface area (Å²) in [5.41, 5.74) is 2.77. The maximum atomic E-state index is 10.4. The van der Waals surface area contributed by atoms with Crippen LogP contribution in [-0.2, 0) is 0 Å². The molecule has 33 heavy (non-hydrogen) atoms. The minimum absolute atomic E-state index is 0.323. The summed E-state index contributed by atoms with van der Waals surface area (Å²) in [6, 6.07) is 8.44. The average molecular weight is 471 g/mol. The number of anilines is 1. The molecule has 1 aliphatic rings. The van der Waals surface area contributed by atoms with Gasteiger partial charge in [-0.15, -0.1) is 0 Å². The average Bonchev–Trinajstić information content (AvgIpc) is 3.43. The molecule has 3 aromatic rings. The zero-order valence-electron chi connectivity index (χ0n) is 18.7. The van der Waals surface area contributed by atoms with Crippen LogP contribution in [0.2, 0.25) is 5.02 Å². The normalized spacial score (nSPS) is 16.3. The Morgan fingerprint density at radius 2 is 2.03 bits per heavy atom. The standard InChI is InChI=1S/C24H31ClN6O2/c25-20-15-28-23(30-22(20)19-14-27-21-9-5-4-8-18(19)21)29-17-10-13-31(16-17)12-7-3-1-2-6-11-26-24(32)33/h4-5,8-9,14-15,17,26-27H,1-3,6-7,10-13,16H2,(H,32,33)(H,28,29,30)/t17-/m1/s1. The Hall–Kier alpha value is -2.84. The Morgan fingerprint density at radius 1 is 1.21 bits per heavy atom. The molecule has 0 unspecified atom stereocenters. The van der Waals surface area contributed by atoms with Crippen LogP contribution in [0.15, 0.2) is 36.7 Å². The van der Waals surface area contributed by atoms with Crippen molar-refractivity contribution in [2.24, 2.45) is 0 Å². The summed E-state index contributed by atoms with van der Waals surface area (Å²) < 4.78 is 0. The first-order chi connectivity index (χ1) is 16.1. The van der Waals surface area contributed by atoms with Crippen LogP contribution in [0.4, 0.5) is 10.7 Å². The molecule has 1 atom stereocenters. The fourth-order valence-electron chi connectivity index (χ4n) is 4.42. The lowest BCUT2D eigenvalue weighted by Gasteiger charge is -2.17. The molecule has 8 nitrogen and oxygen atoms in total. The predicted molar refractivity (Wildman–Crippen MR) is 132 cm³/mol. The van der Waals surface area contributed by atoms with Crippen molar-refractivity contribution in [2.45, 2.75) is 44.6 Å². The minimum Gasteiger partial charge on any atom is -0.465 e. The first-order valence-electron chi connectivity index (χ1n) is 11.6. The number of benzene rings is 1. The summed E-state index contributed by atoms with van der Waals surface area (Å²) in [5, 5.41) is 16.1. The number of carboxylic acid groups (broad SMARTS) is 1. The molecule has 0 spiro atoms. The molecule has 0 bridgehead atoms. The molecule has 0 radical (unpaired) electrons. The van der Waals surface area contributed by atoms with E-state index in [2.05, 4.69) is 31.6 Å². The van der Waals surface area contributed by atoms with Crippen molar-refractivity contribution in [2.75, 3.05) is 31.5 Å². The Balaban J connectivity index is 1.23. The first-order valence-corrected chi connectivity index (χ1v) is 12.0. The number of aromatic nitrogens is 3. The molecule has 1 aliphatic heterocycles. The van der Waals surface area contributed by atoms with Crippen LogP contribution < -0.4 is 10.6 Å². The lowest BCUT2D eigenvalue weighted by atomic mass is 10.1. The summed E-state index contributed by atoms with van der Waals surface area (Å²) in [7, 11) is 0. The molecular formula is C24H31ClN6O2. The van der Waals surface area contributed by atoms with Gasteiger partial charge in [-0.3, -0.25) is 0 Å². The Labute approximate surface area is 198 Å². The number of amides is 1. The van der Waals surface area contributed by atoms with Crippen LogP contribution >= 0.6 is 11.6 Å². The van der Waals surface area contributed by atoms with Crippen molar-refractivity contribution in [3.63, 3.8) is 0 Å². The van der Waals surface area contributed by atoms with Crippen LogP contribution in [0.25, 0.3) is 22.2 Å². The molecule has 3 heterocycles. The van der Waals surface area contributed by atoms with Gasteiger partial charge in [0.25, 0.3) is 0 Å². The summed E-state index contributed by atoms with van der Waals surface area (Å²) >= 11 is 6.45. The van der Waals surface area contributed by atoms with E-state index in [1.54, 1.807) is 6.20 Å². The van der Waals surface area contributed by atoms with E-state index in [0.717, 1.165) is 67.5 Å². The van der Waals surface area contributed by atoms with Gasteiger partial charge < -0.3 is 25.6 Å². The molecule has 1 amide bonds. The molecular weight excluding hydrogens is 440 g/mol. The maximum Gasteiger partial charge on any atom is 0.404 e. The second kappa shape index (κ2) is 11.3. The van der Waals surface area contributed by atoms with Gasteiger partial charge in [-0.05, 0) is 31.9 Å². The van der Waals surface area contributed by atoms with Crippen LogP contribution in [0.5, 0.6) is 0 Å². The number of rotatable bonds is 11. The minimum atomic E-state index is -0.939. The topological polar surface area (TPSA) is 106 Å². The van der Waals surface area contributed by atoms with E-state index < -0.39 is 6.09 Å². The zero-order chi connectivity index (χ0) is 23.0. The largest absolute Gasteiger partial charge is 0.465 e. The van der Waals surface area contributed by atoms with Gasteiger partial charge in [0.05, 0.1) is 16.9 Å². The van der Waals surface area contributed by atoms with Crippen LogP contribution in [-0.4, -0.2) is 63.3 Å². The summed E-state index contributed by atoms with van der Waals surface area (Å²) in [6.07, 6.45) is 9.21. The van der Waals surface area contributed by atoms with Crippen molar-refractivity contribution < 1.29 is 9.90 Å². The molecule has 0 saturated carbocycles. The second-order valence-corrected chi connectivity index (χ2v) is 8.98. The number of unbranched alkanes of at least 4 members (excludes halogenated alkanes) is 4. The van der Waals surface area contributed by atoms with Crippen LogP contribution in [0, 0.1) is 0 Å². The van der Waals surface area contributed by atoms with Gasteiger partial charge in [-0.25, -0.2) is 14.8 Å². The molecule has 2 aromatic heterocycles. The van der Waals surface area contributed by atoms with E-state index in [1.807, 2.05) is 24.4 Å². The SMILES string of the molecule is O=C(O)NCCCCCCCN1CC[C@@H](Nc2ncc(Cl)c(-c3c[nH]c4ccccc34)n2)C1. The third-order valence-corrected chi connectivity index (χ3v) is 6.40. The number of nitrogens with zero attached hydrogens (tertiary/aromatic N) is 3. The number of aromatic amines is 1. The summed E-state index contributed by atoms with van der Waals surface area (Å²) in [5.74, 6) is 0.613. The molecule has 4 N–H and O–H groups in total. The van der Waals surface area contributed by atoms with Gasteiger partial charge in [-0.1, -0.05) is 49.1 Å². The van der Waals surface area contributed by atoms with Crippen molar-refractivity contribution >= 4 is 34.5 Å². The third-order valence-electron chi connectivity index (χ3n) is 6.12. The summed E-state index contributed by atoms with van der Waals surface area (Å²) in [6.45, 7) is 3.69. The number of hydrogen-bond acceptors (Lipinski definition) is 5. The second-order valence-electron chi connectivity index (χ2n) is 8.57. The van der Waals surface area contributed by atoms with Crippen molar-refractivity contribution in [3.8, 4) is 11.3 Å².